The van der Waals surface area contributed by atoms with Gasteiger partial charge in [-0.05, 0) is 49.4 Å². The Morgan fingerprint density at radius 2 is 2.15 bits per heavy atom. The summed E-state index contributed by atoms with van der Waals surface area (Å²) in [6, 6.07) is 5.99. The Kier molecular flexibility index (Phi) is 5.34. The molecule has 1 aromatic carbocycles. The van der Waals surface area contributed by atoms with E-state index in [2.05, 4.69) is 32.6 Å². The summed E-state index contributed by atoms with van der Waals surface area (Å²) in [5.74, 6) is -1.74. The summed E-state index contributed by atoms with van der Waals surface area (Å²) in [5.41, 5.74) is 11.4. The highest BCUT2D eigenvalue weighted by Gasteiger charge is 2.51. The number of hydrazine groups is 1. The number of hydrogen-bond acceptors (Lipinski definition) is 7. The molecule has 3 heterocycles. The van der Waals surface area contributed by atoms with Gasteiger partial charge in [0, 0.05) is 30.9 Å². The molecule has 10 heteroatoms. The summed E-state index contributed by atoms with van der Waals surface area (Å²) in [4.78, 5) is 4.29. The predicted octanol–water partition coefficient (Wildman–Crippen LogP) is 3.13. The van der Waals surface area contributed by atoms with Crippen LogP contribution in [0.2, 0.25) is 0 Å². The van der Waals surface area contributed by atoms with E-state index in [0.29, 0.717) is 27.9 Å². The molecule has 3 aromatic rings. The first kappa shape index (κ1) is 21.5. The predicted molar refractivity (Wildman–Crippen MR) is 123 cm³/mol. The lowest BCUT2D eigenvalue weighted by Gasteiger charge is -2.32. The topological polar surface area (TPSA) is 96.9 Å². The molecule has 172 valence electrons. The third kappa shape index (κ3) is 3.75. The van der Waals surface area contributed by atoms with Gasteiger partial charge in [-0.25, -0.2) is 23.9 Å². The third-order valence-corrected chi connectivity index (χ3v) is 6.76. The van der Waals surface area contributed by atoms with E-state index in [1.807, 2.05) is 10.9 Å². The van der Waals surface area contributed by atoms with Crippen LogP contribution in [-0.4, -0.2) is 40.1 Å². The van der Waals surface area contributed by atoms with Crippen molar-refractivity contribution >= 4 is 17.2 Å². The second-order valence-electron chi connectivity index (χ2n) is 8.65. The number of pyridine rings is 1. The highest BCUT2D eigenvalue weighted by Crippen LogP contribution is 2.57. The molecule has 5 rings (SSSR count). The summed E-state index contributed by atoms with van der Waals surface area (Å²) >= 11 is 0. The average Bonchev–Trinajstić information content (AvgIpc) is 3.40. The van der Waals surface area contributed by atoms with Gasteiger partial charge in [0.2, 0.25) is 0 Å². The van der Waals surface area contributed by atoms with Crippen LogP contribution in [-0.2, 0) is 0 Å². The summed E-state index contributed by atoms with van der Waals surface area (Å²) in [6.45, 7) is 5.97. The minimum Gasteiger partial charge on any atom is -0.383 e. The SMILES string of the molecule is C=C(c1cc(-c2cn(C3CNCCC34CC4)nn2)cnc1N)N(NC)c1cccc(F)c1F. The van der Waals surface area contributed by atoms with Gasteiger partial charge in [0.25, 0.3) is 0 Å². The van der Waals surface area contributed by atoms with Crippen LogP contribution in [0, 0.1) is 17.0 Å². The monoisotopic (exact) mass is 452 g/mol. The molecule has 2 fully saturated rings. The van der Waals surface area contributed by atoms with E-state index in [0.717, 1.165) is 25.6 Å². The van der Waals surface area contributed by atoms with E-state index in [4.69, 9.17) is 5.73 Å². The maximum Gasteiger partial charge on any atom is 0.183 e. The van der Waals surface area contributed by atoms with Gasteiger partial charge in [-0.15, -0.1) is 5.10 Å². The Morgan fingerprint density at radius 3 is 2.91 bits per heavy atom. The maximum absolute atomic E-state index is 14.4. The van der Waals surface area contributed by atoms with Gasteiger partial charge in [-0.3, -0.25) is 5.01 Å². The van der Waals surface area contributed by atoms with Crippen LogP contribution in [0.3, 0.4) is 0 Å². The zero-order valence-electron chi connectivity index (χ0n) is 18.4. The van der Waals surface area contributed by atoms with Crippen LogP contribution in [0.25, 0.3) is 17.0 Å². The number of nitrogens with zero attached hydrogens (tertiary/aromatic N) is 5. The van der Waals surface area contributed by atoms with Crippen molar-refractivity contribution < 1.29 is 8.78 Å². The Morgan fingerprint density at radius 1 is 1.33 bits per heavy atom. The number of nitrogens with two attached hydrogens (primary N) is 1. The summed E-state index contributed by atoms with van der Waals surface area (Å²) in [6.07, 6.45) is 7.14. The molecule has 1 saturated heterocycles. The van der Waals surface area contributed by atoms with Gasteiger partial charge in [-0.1, -0.05) is 17.9 Å². The van der Waals surface area contributed by atoms with Crippen LogP contribution >= 0.6 is 0 Å². The van der Waals surface area contributed by atoms with Crippen molar-refractivity contribution in [3.63, 3.8) is 0 Å². The van der Waals surface area contributed by atoms with Crippen LogP contribution in [0.1, 0.15) is 30.9 Å². The lowest BCUT2D eigenvalue weighted by atomic mass is 9.89. The zero-order valence-corrected chi connectivity index (χ0v) is 18.4. The van der Waals surface area contributed by atoms with Crippen molar-refractivity contribution in [3.05, 3.63) is 60.4 Å². The number of hydrogen-bond donors (Lipinski definition) is 3. The van der Waals surface area contributed by atoms with Crippen molar-refractivity contribution in [1.29, 1.82) is 0 Å². The van der Waals surface area contributed by atoms with Crippen molar-refractivity contribution in [2.45, 2.75) is 25.3 Å². The number of rotatable bonds is 6. The number of benzene rings is 1. The Balaban J connectivity index is 1.46. The van der Waals surface area contributed by atoms with Crippen molar-refractivity contribution in [2.24, 2.45) is 5.41 Å². The number of halogens is 2. The molecule has 0 amide bonds. The Labute approximate surface area is 190 Å². The van der Waals surface area contributed by atoms with E-state index in [1.54, 1.807) is 19.3 Å². The quantitative estimate of drug-likeness (QED) is 0.495. The van der Waals surface area contributed by atoms with E-state index in [9.17, 15) is 8.78 Å². The number of anilines is 2. The Hall–Kier alpha value is -3.37. The molecule has 4 N–H and O–H groups in total. The molecular weight excluding hydrogens is 426 g/mol. The van der Waals surface area contributed by atoms with E-state index in [-0.39, 0.29) is 17.5 Å². The lowest BCUT2D eigenvalue weighted by Crippen LogP contribution is -2.39. The molecule has 2 aromatic heterocycles. The fourth-order valence-corrected chi connectivity index (χ4v) is 4.67. The van der Waals surface area contributed by atoms with Crippen LogP contribution < -0.4 is 21.5 Å². The lowest BCUT2D eigenvalue weighted by molar-refractivity contribution is 0.214. The van der Waals surface area contributed by atoms with Crippen LogP contribution in [0.5, 0.6) is 0 Å². The molecule has 2 aliphatic rings. The molecule has 1 unspecified atom stereocenters. The molecule has 1 atom stereocenters. The summed E-state index contributed by atoms with van der Waals surface area (Å²) in [7, 11) is 1.58. The summed E-state index contributed by atoms with van der Waals surface area (Å²) in [5, 5.41) is 13.6. The number of nitrogens with one attached hydrogen (secondary N) is 2. The van der Waals surface area contributed by atoms with Gasteiger partial charge in [0.15, 0.2) is 11.6 Å². The fraction of sp³-hybridized carbons (Fsp3) is 0.348. The van der Waals surface area contributed by atoms with Crippen LogP contribution in [0.4, 0.5) is 20.3 Å². The first-order valence-corrected chi connectivity index (χ1v) is 10.9. The fourth-order valence-electron chi connectivity index (χ4n) is 4.67. The van der Waals surface area contributed by atoms with Crippen molar-refractivity contribution in [1.82, 2.24) is 30.7 Å². The first-order valence-electron chi connectivity index (χ1n) is 10.9. The molecule has 8 nitrogen and oxygen atoms in total. The number of aromatic nitrogens is 4. The number of nitrogen functional groups attached to an aromatic ring is 1. The molecule has 1 aliphatic carbocycles. The zero-order chi connectivity index (χ0) is 23.2. The molecule has 1 spiro atoms. The van der Waals surface area contributed by atoms with Gasteiger partial charge in [-0.2, -0.15) is 0 Å². The third-order valence-electron chi connectivity index (χ3n) is 6.76. The second kappa shape index (κ2) is 8.20. The normalized spacial score (nSPS) is 18.9. The van der Waals surface area contributed by atoms with Gasteiger partial charge < -0.3 is 11.1 Å². The molecule has 33 heavy (non-hydrogen) atoms. The van der Waals surface area contributed by atoms with E-state index >= 15 is 0 Å². The largest absolute Gasteiger partial charge is 0.383 e. The smallest absolute Gasteiger partial charge is 0.183 e. The van der Waals surface area contributed by atoms with E-state index in [1.165, 1.54) is 30.0 Å². The minimum atomic E-state index is -0.992. The molecule has 0 bridgehead atoms. The Bertz CT molecular complexity index is 1200. The van der Waals surface area contributed by atoms with Crippen molar-refractivity contribution in [2.75, 3.05) is 30.9 Å². The van der Waals surface area contributed by atoms with Gasteiger partial charge in [0.1, 0.15) is 11.5 Å². The van der Waals surface area contributed by atoms with Gasteiger partial charge >= 0.3 is 0 Å². The molecule has 1 saturated carbocycles. The molecular formula is C23H26F2N8. The summed E-state index contributed by atoms with van der Waals surface area (Å²) < 4.78 is 30.2. The van der Waals surface area contributed by atoms with Crippen molar-refractivity contribution in [3.8, 4) is 11.3 Å². The highest BCUT2D eigenvalue weighted by atomic mass is 19.2. The maximum atomic E-state index is 14.4. The highest BCUT2D eigenvalue weighted by molar-refractivity contribution is 5.83. The molecule has 1 aliphatic heterocycles. The molecule has 0 radical (unpaired) electrons. The van der Waals surface area contributed by atoms with Crippen LogP contribution in [0.15, 0.2) is 43.2 Å². The van der Waals surface area contributed by atoms with E-state index < -0.39 is 11.6 Å². The van der Waals surface area contributed by atoms with Gasteiger partial charge in [0.05, 0.1) is 23.6 Å². The average molecular weight is 453 g/mol. The first-order chi connectivity index (χ1) is 15.9. The number of piperidine rings is 1. The standard InChI is InChI=1S/C23H26F2N8/c1-14(33(27-2)19-5-3-4-17(24)21(19)25)16-10-15(11-29-22(16)26)18-13-32(31-30-18)20-12-28-9-8-23(20)6-7-23/h3-5,10-11,13,20,27-28H,1,6-9,12H2,2H3,(H2,26,29). The second-order valence-corrected chi connectivity index (χ2v) is 8.65. The minimum absolute atomic E-state index is 0.0159.